The van der Waals surface area contributed by atoms with Crippen LogP contribution in [0.25, 0.3) is 0 Å². The number of hydrogen-bond donors (Lipinski definition) is 8. The predicted molar refractivity (Wildman–Crippen MR) is 160 cm³/mol. The summed E-state index contributed by atoms with van der Waals surface area (Å²) in [5.74, 6) is -4.26. The molecule has 0 saturated heterocycles. The maximum Gasteiger partial charge on any atom is 0.370 e. The molecule has 0 spiro atoms. The normalized spacial score (nSPS) is 18.7. The van der Waals surface area contributed by atoms with E-state index in [0.29, 0.717) is 12.1 Å². The Bertz CT molecular complexity index is 1310. The van der Waals surface area contributed by atoms with Gasteiger partial charge >= 0.3 is 5.97 Å². The molecule has 0 bridgehead atoms. The quantitative estimate of drug-likeness (QED) is 0.0561. The second-order valence-corrected chi connectivity index (χ2v) is 10.6. The summed E-state index contributed by atoms with van der Waals surface area (Å²) in [5.41, 5.74) is 12.3. The van der Waals surface area contributed by atoms with Crippen molar-refractivity contribution < 1.29 is 48.8 Å². The fourth-order valence-electron chi connectivity index (χ4n) is 4.49. The minimum atomic E-state index is -1.79. The summed E-state index contributed by atoms with van der Waals surface area (Å²) in [7, 11) is 0. The summed E-state index contributed by atoms with van der Waals surface area (Å²) in [6, 6.07) is 4.59. The first-order valence-corrected chi connectivity index (χ1v) is 14.2. The second kappa shape index (κ2) is 17.5. The van der Waals surface area contributed by atoms with Crippen LogP contribution in [0.5, 0.6) is 0 Å². The molecule has 1 aromatic carbocycles. The van der Waals surface area contributed by atoms with E-state index in [-0.39, 0.29) is 49.6 Å². The number of aliphatic carboxylic acids is 1. The lowest BCUT2D eigenvalue weighted by Gasteiger charge is -2.38. The molecule has 10 N–H and O–H groups in total. The topological polar surface area (TPSA) is 273 Å². The highest BCUT2D eigenvalue weighted by Gasteiger charge is 2.43. The van der Waals surface area contributed by atoms with Crippen LogP contribution in [-0.4, -0.2) is 93.5 Å². The Labute approximate surface area is 259 Å². The first kappa shape index (κ1) is 36.4. The van der Waals surface area contributed by atoms with Crippen molar-refractivity contribution in [3.05, 3.63) is 41.7 Å². The summed E-state index contributed by atoms with van der Waals surface area (Å²) in [4.78, 5) is 74.6. The third kappa shape index (κ3) is 12.7. The molecule has 3 amide bonds. The van der Waals surface area contributed by atoms with Crippen LogP contribution in [0, 0.1) is 0 Å². The molecule has 2 rings (SSSR count). The number of carbonyl (C=O) groups excluding carboxylic acids is 5. The standard InChI is InChI=1S/C29H40N6O10/c1-15(36)12-19(38)11-8-17-6-9-18(10-7-17)34-24(41)5-3-4-23(40)32-14-21(39)26(42)27-25(33-16(2)37)20(35-29(30)31)13-22(45-27)28(43)44/h6-7,9-10,13,20-21,25-27,39,42H,3-5,8,11-12,14H2,1-2H3,(H,32,40)(H,33,37)(H,34,41)(H,43,44)(H4,30,31,35)/t20-,21+,25+,26?,27?/m0/s1. The van der Waals surface area contributed by atoms with E-state index in [9.17, 15) is 44.1 Å². The molecule has 0 radical (unpaired) electrons. The number of benzene rings is 1. The zero-order valence-electron chi connectivity index (χ0n) is 25.0. The van der Waals surface area contributed by atoms with Gasteiger partial charge in [-0.3, -0.25) is 24.0 Å². The molecular weight excluding hydrogens is 592 g/mol. The van der Waals surface area contributed by atoms with Crippen LogP contribution in [0.2, 0.25) is 0 Å². The van der Waals surface area contributed by atoms with Crippen molar-refractivity contribution >= 4 is 46.9 Å². The summed E-state index contributed by atoms with van der Waals surface area (Å²) in [6.45, 7) is 2.08. The van der Waals surface area contributed by atoms with Gasteiger partial charge < -0.3 is 47.5 Å². The monoisotopic (exact) mass is 632 g/mol. The average Bonchev–Trinajstić information content (AvgIpc) is 2.95. The van der Waals surface area contributed by atoms with E-state index in [1.165, 1.54) is 13.8 Å². The Morgan fingerprint density at radius 1 is 0.978 bits per heavy atom. The molecule has 1 aliphatic rings. The SMILES string of the molecule is CC(=O)CC(=O)CCc1ccc(NC(=O)CCCC(=O)NC[C@@H](O)C(O)C2OC(C(=O)O)=C[C@H](N=C(N)N)[C@H]2NC(C)=O)cc1. The highest BCUT2D eigenvalue weighted by Crippen LogP contribution is 2.25. The Hall–Kier alpha value is -4.83. The number of nitrogens with zero attached hydrogens (tertiary/aromatic N) is 1. The van der Waals surface area contributed by atoms with E-state index in [1.807, 2.05) is 0 Å². The van der Waals surface area contributed by atoms with Gasteiger partial charge in [-0.05, 0) is 43.5 Å². The molecule has 0 aromatic heterocycles. The maximum absolute atomic E-state index is 12.3. The van der Waals surface area contributed by atoms with E-state index in [2.05, 4.69) is 20.9 Å². The summed E-state index contributed by atoms with van der Waals surface area (Å²) >= 11 is 0. The number of anilines is 1. The molecule has 16 nitrogen and oxygen atoms in total. The number of hydrogen-bond acceptors (Lipinski definition) is 10. The third-order valence-corrected chi connectivity index (χ3v) is 6.61. The van der Waals surface area contributed by atoms with Gasteiger partial charge in [-0.1, -0.05) is 12.1 Å². The first-order valence-electron chi connectivity index (χ1n) is 14.2. The van der Waals surface area contributed by atoms with Crippen LogP contribution in [0.15, 0.2) is 41.1 Å². The fraction of sp³-hybridized carbons (Fsp3) is 0.483. The second-order valence-electron chi connectivity index (χ2n) is 10.6. The predicted octanol–water partition coefficient (Wildman–Crippen LogP) is -1.37. The van der Waals surface area contributed by atoms with Crippen LogP contribution in [0.3, 0.4) is 0 Å². The number of aryl methyl sites for hydroxylation is 1. The Morgan fingerprint density at radius 2 is 1.62 bits per heavy atom. The van der Waals surface area contributed by atoms with Crippen molar-refractivity contribution in [2.45, 2.75) is 82.8 Å². The number of ether oxygens (including phenoxy) is 1. The molecular formula is C29H40N6O10. The molecule has 0 fully saturated rings. The van der Waals surface area contributed by atoms with Crippen LogP contribution in [0.4, 0.5) is 5.69 Å². The fourth-order valence-corrected chi connectivity index (χ4v) is 4.49. The van der Waals surface area contributed by atoms with Crippen molar-refractivity contribution in [2.75, 3.05) is 11.9 Å². The van der Waals surface area contributed by atoms with Gasteiger partial charge in [0.1, 0.15) is 29.9 Å². The van der Waals surface area contributed by atoms with E-state index in [1.54, 1.807) is 24.3 Å². The number of guanidine groups is 1. The highest BCUT2D eigenvalue weighted by molar-refractivity contribution is 5.98. The van der Waals surface area contributed by atoms with Gasteiger partial charge in [0.2, 0.25) is 23.5 Å². The molecule has 1 aromatic rings. The first-order chi connectivity index (χ1) is 21.2. The van der Waals surface area contributed by atoms with Crippen molar-refractivity contribution in [1.29, 1.82) is 0 Å². The number of nitrogens with two attached hydrogens (primary N) is 2. The van der Waals surface area contributed by atoms with Crippen LogP contribution in [0.1, 0.15) is 51.5 Å². The van der Waals surface area contributed by atoms with Crippen LogP contribution in [-0.2, 0) is 39.9 Å². The van der Waals surface area contributed by atoms with Gasteiger partial charge in [0.15, 0.2) is 5.96 Å². The summed E-state index contributed by atoms with van der Waals surface area (Å²) < 4.78 is 5.35. The number of nitrogens with one attached hydrogen (secondary N) is 3. The number of carbonyl (C=O) groups is 6. The minimum Gasteiger partial charge on any atom is -0.478 e. The van der Waals surface area contributed by atoms with Gasteiger partial charge in [-0.25, -0.2) is 9.79 Å². The van der Waals surface area contributed by atoms with Gasteiger partial charge in [0.25, 0.3) is 0 Å². The number of ketones is 2. The van der Waals surface area contributed by atoms with E-state index in [0.717, 1.165) is 11.6 Å². The van der Waals surface area contributed by atoms with Crippen LogP contribution >= 0.6 is 0 Å². The number of amides is 3. The Balaban J connectivity index is 1.83. The van der Waals surface area contributed by atoms with Gasteiger partial charge in [0.05, 0.1) is 18.5 Å². The zero-order valence-corrected chi connectivity index (χ0v) is 25.0. The maximum atomic E-state index is 12.3. The lowest BCUT2D eigenvalue weighted by molar-refractivity contribution is -0.144. The number of aliphatic hydroxyl groups excluding tert-OH is 2. The van der Waals surface area contributed by atoms with E-state index >= 15 is 0 Å². The number of rotatable bonds is 17. The zero-order chi connectivity index (χ0) is 33.7. The molecule has 45 heavy (non-hydrogen) atoms. The van der Waals surface area contributed by atoms with Crippen molar-refractivity contribution in [3.63, 3.8) is 0 Å². The van der Waals surface area contributed by atoms with Gasteiger partial charge in [-0.15, -0.1) is 0 Å². The molecule has 5 atom stereocenters. The molecule has 246 valence electrons. The Morgan fingerprint density at radius 3 is 2.20 bits per heavy atom. The molecule has 2 unspecified atom stereocenters. The number of carboxylic acid groups (broad SMARTS) is 1. The third-order valence-electron chi connectivity index (χ3n) is 6.61. The summed E-state index contributed by atoms with van der Waals surface area (Å²) in [5, 5.41) is 38.4. The van der Waals surface area contributed by atoms with Gasteiger partial charge in [0, 0.05) is 38.4 Å². The smallest absolute Gasteiger partial charge is 0.370 e. The average molecular weight is 633 g/mol. The molecule has 0 aliphatic carbocycles. The van der Waals surface area contributed by atoms with E-state index in [4.69, 9.17) is 16.2 Å². The van der Waals surface area contributed by atoms with Gasteiger partial charge in [-0.2, -0.15) is 0 Å². The number of carboxylic acids is 1. The highest BCUT2D eigenvalue weighted by atomic mass is 16.5. The van der Waals surface area contributed by atoms with Crippen molar-refractivity contribution in [3.8, 4) is 0 Å². The number of aliphatic hydroxyl groups is 2. The lowest BCUT2D eigenvalue weighted by Crippen LogP contribution is -2.60. The molecule has 1 heterocycles. The molecule has 1 aliphatic heterocycles. The van der Waals surface area contributed by atoms with Crippen LogP contribution < -0.4 is 27.4 Å². The molecule has 16 heteroatoms. The molecule has 0 saturated carbocycles. The largest absolute Gasteiger partial charge is 0.478 e. The lowest BCUT2D eigenvalue weighted by atomic mass is 9.92. The number of aliphatic imine (C=N–C) groups is 1. The van der Waals surface area contributed by atoms with E-state index < -0.39 is 66.4 Å². The Kier molecular flexibility index (Phi) is 14.1. The van der Waals surface area contributed by atoms with Crippen molar-refractivity contribution in [1.82, 2.24) is 10.6 Å². The summed E-state index contributed by atoms with van der Waals surface area (Å²) in [6.07, 6.45) is -3.13. The van der Waals surface area contributed by atoms with Crippen molar-refractivity contribution in [2.24, 2.45) is 16.5 Å². The number of Topliss-reactive ketones (excluding diaryl/α,β-unsaturated/α-hetero) is 2. The minimum absolute atomic E-state index is 0.0185.